The maximum absolute atomic E-state index is 14.0. The third kappa shape index (κ3) is 4.36. The molecule has 2 N–H and O–H groups in total. The van der Waals surface area contributed by atoms with Crippen LogP contribution in [0, 0.1) is 0 Å². The van der Waals surface area contributed by atoms with Gasteiger partial charge in [-0.15, -0.1) is 11.3 Å². The number of alkyl halides is 3. The lowest BCUT2D eigenvalue weighted by atomic mass is 9.95. The first-order valence-electron chi connectivity index (χ1n) is 11.5. The summed E-state index contributed by atoms with van der Waals surface area (Å²) in [4.78, 5) is 26.9. The van der Waals surface area contributed by atoms with Gasteiger partial charge in [-0.3, -0.25) is 4.79 Å². The number of esters is 1. The number of carbonyl (C=O) groups is 2. The van der Waals surface area contributed by atoms with E-state index in [0.717, 1.165) is 29.7 Å². The van der Waals surface area contributed by atoms with E-state index >= 15 is 0 Å². The van der Waals surface area contributed by atoms with Gasteiger partial charge in [0.2, 0.25) is 0 Å². The van der Waals surface area contributed by atoms with Gasteiger partial charge in [-0.25, -0.2) is 9.48 Å². The lowest BCUT2D eigenvalue weighted by molar-refractivity contribution is -0.174. The highest BCUT2D eigenvalue weighted by Gasteiger charge is 2.48. The number of hydrogen-bond donors (Lipinski definition) is 2. The summed E-state index contributed by atoms with van der Waals surface area (Å²) >= 11 is 7.67. The number of fused-ring (bicyclic) bond motifs is 2. The Bertz CT molecular complexity index is 1300. The number of halogens is 4. The van der Waals surface area contributed by atoms with Crippen molar-refractivity contribution in [2.75, 3.05) is 17.2 Å². The summed E-state index contributed by atoms with van der Waals surface area (Å²) in [5.41, 5.74) is 0.749. The minimum absolute atomic E-state index is 0.132. The maximum atomic E-state index is 14.0. The van der Waals surface area contributed by atoms with Gasteiger partial charge in [0, 0.05) is 11.3 Å². The molecule has 4 heterocycles. The van der Waals surface area contributed by atoms with Crippen molar-refractivity contribution in [3.63, 3.8) is 0 Å². The number of furan rings is 1. The number of nitrogens with zero attached hydrogens (tertiary/aromatic N) is 2. The molecule has 0 radical (unpaired) electrons. The molecule has 36 heavy (non-hydrogen) atoms. The Kier molecular flexibility index (Phi) is 6.50. The van der Waals surface area contributed by atoms with Crippen LogP contribution in [0.5, 0.6) is 0 Å². The first kappa shape index (κ1) is 24.7. The van der Waals surface area contributed by atoms with Crippen LogP contribution in [0.15, 0.2) is 22.8 Å². The molecular formula is C23H22ClF3N4O4S. The number of carbonyl (C=O) groups excluding carboxylic acids is 2. The zero-order valence-corrected chi connectivity index (χ0v) is 20.6. The van der Waals surface area contributed by atoms with E-state index in [4.69, 9.17) is 20.8 Å². The second kappa shape index (κ2) is 9.47. The standard InChI is InChI=1S/C23H22ClF3N4O4S/c1-2-34-22(33)16-11-6-3-4-8-14(11)36-21(16)29-20(32)18-17(24)19-28-12(13-7-5-9-35-13)10-15(23(25,26)27)31(19)30-18/h5,7,9,12,15,28H,2-4,6,8,10H2,1H3,(H,29,32)/t12-,15+/m0/s1. The average molecular weight is 543 g/mol. The van der Waals surface area contributed by atoms with Crippen LogP contribution in [0.25, 0.3) is 0 Å². The van der Waals surface area contributed by atoms with Gasteiger partial charge in [-0.05, 0) is 50.3 Å². The van der Waals surface area contributed by atoms with Crippen molar-refractivity contribution in [3.05, 3.63) is 50.9 Å². The van der Waals surface area contributed by atoms with E-state index in [1.54, 1.807) is 19.1 Å². The summed E-state index contributed by atoms with van der Waals surface area (Å²) in [6.45, 7) is 1.85. The fraction of sp³-hybridized carbons (Fsp3) is 0.435. The molecule has 0 spiro atoms. The highest BCUT2D eigenvalue weighted by atomic mass is 35.5. The minimum Gasteiger partial charge on any atom is -0.467 e. The molecule has 0 unspecified atom stereocenters. The molecule has 8 nitrogen and oxygen atoms in total. The van der Waals surface area contributed by atoms with Gasteiger partial charge in [0.05, 0.1) is 24.5 Å². The van der Waals surface area contributed by atoms with Crippen LogP contribution < -0.4 is 10.6 Å². The van der Waals surface area contributed by atoms with Crippen LogP contribution in [0.2, 0.25) is 5.02 Å². The minimum atomic E-state index is -4.64. The van der Waals surface area contributed by atoms with Gasteiger partial charge in [-0.1, -0.05) is 11.6 Å². The monoisotopic (exact) mass is 542 g/mol. The van der Waals surface area contributed by atoms with Crippen LogP contribution in [-0.2, 0) is 17.6 Å². The van der Waals surface area contributed by atoms with Crippen molar-refractivity contribution < 1.29 is 31.9 Å². The predicted octanol–water partition coefficient (Wildman–Crippen LogP) is 6.16. The molecule has 3 aromatic heterocycles. The largest absolute Gasteiger partial charge is 0.467 e. The molecule has 0 aromatic carbocycles. The first-order valence-corrected chi connectivity index (χ1v) is 12.7. The van der Waals surface area contributed by atoms with E-state index in [1.165, 1.54) is 17.6 Å². The van der Waals surface area contributed by atoms with E-state index in [-0.39, 0.29) is 33.7 Å². The van der Waals surface area contributed by atoms with Gasteiger partial charge in [-0.2, -0.15) is 18.3 Å². The number of hydrogen-bond acceptors (Lipinski definition) is 7. The SMILES string of the molecule is CCOC(=O)c1c(NC(=O)c2nn3c(c2Cl)N[C@H](c2ccco2)C[C@@H]3C(F)(F)F)sc2c1CCCC2. The van der Waals surface area contributed by atoms with Crippen molar-refractivity contribution in [3.8, 4) is 0 Å². The molecule has 0 saturated carbocycles. The van der Waals surface area contributed by atoms with E-state index in [0.29, 0.717) is 16.9 Å². The Morgan fingerprint density at radius 1 is 1.36 bits per heavy atom. The Hall–Kier alpha value is -2.99. The number of amides is 1. The first-order chi connectivity index (χ1) is 17.2. The maximum Gasteiger partial charge on any atom is 0.410 e. The quantitative estimate of drug-likeness (QED) is 0.375. The second-order valence-electron chi connectivity index (χ2n) is 8.55. The lowest BCUT2D eigenvalue weighted by Gasteiger charge is -2.32. The number of ether oxygens (including phenoxy) is 1. The summed E-state index contributed by atoms with van der Waals surface area (Å²) < 4.78 is 53.1. The van der Waals surface area contributed by atoms with E-state index in [1.807, 2.05) is 0 Å². The summed E-state index contributed by atoms with van der Waals surface area (Å²) in [6, 6.07) is 0.303. The highest BCUT2D eigenvalue weighted by molar-refractivity contribution is 7.17. The highest BCUT2D eigenvalue weighted by Crippen LogP contribution is 2.46. The molecule has 192 valence electrons. The smallest absolute Gasteiger partial charge is 0.410 e. The summed E-state index contributed by atoms with van der Waals surface area (Å²) in [7, 11) is 0. The summed E-state index contributed by atoms with van der Waals surface area (Å²) in [5.74, 6) is -1.19. The number of nitrogens with one attached hydrogen (secondary N) is 2. The zero-order chi connectivity index (χ0) is 25.6. The average Bonchev–Trinajstić information content (AvgIpc) is 3.55. The van der Waals surface area contributed by atoms with Crippen LogP contribution >= 0.6 is 22.9 Å². The number of aromatic nitrogens is 2. The Balaban J connectivity index is 1.50. The Morgan fingerprint density at radius 2 is 2.14 bits per heavy atom. The van der Waals surface area contributed by atoms with Crippen LogP contribution in [0.4, 0.5) is 24.0 Å². The normalized spacial score (nSPS) is 19.2. The van der Waals surface area contributed by atoms with Gasteiger partial charge in [0.1, 0.15) is 21.6 Å². The van der Waals surface area contributed by atoms with Gasteiger partial charge in [0.15, 0.2) is 11.7 Å². The second-order valence-corrected chi connectivity index (χ2v) is 10.0. The number of aryl methyl sites for hydroxylation is 1. The van der Waals surface area contributed by atoms with Crippen LogP contribution in [0.3, 0.4) is 0 Å². The molecule has 5 rings (SSSR count). The van der Waals surface area contributed by atoms with Crippen LogP contribution in [-0.4, -0.2) is 34.4 Å². The molecule has 0 fully saturated rings. The Labute approximate surface area is 212 Å². The molecule has 0 bridgehead atoms. The van der Waals surface area contributed by atoms with Crippen LogP contribution in [0.1, 0.15) is 75.3 Å². The van der Waals surface area contributed by atoms with E-state index < -0.39 is 36.6 Å². The number of thiophene rings is 1. The van der Waals surface area contributed by atoms with Crippen molar-refractivity contribution in [2.24, 2.45) is 0 Å². The Morgan fingerprint density at radius 3 is 2.83 bits per heavy atom. The fourth-order valence-electron chi connectivity index (χ4n) is 4.65. The van der Waals surface area contributed by atoms with Crippen molar-refractivity contribution in [2.45, 2.75) is 57.3 Å². The molecular weight excluding hydrogens is 521 g/mol. The van der Waals surface area contributed by atoms with Gasteiger partial charge >= 0.3 is 12.1 Å². The molecule has 13 heteroatoms. The zero-order valence-electron chi connectivity index (χ0n) is 19.1. The third-order valence-corrected chi connectivity index (χ3v) is 7.84. The third-order valence-electron chi connectivity index (χ3n) is 6.28. The molecule has 1 aliphatic heterocycles. The van der Waals surface area contributed by atoms with E-state index in [9.17, 15) is 22.8 Å². The molecule has 1 aliphatic carbocycles. The molecule has 2 atom stereocenters. The molecule has 1 amide bonds. The molecule has 2 aliphatic rings. The topological polar surface area (TPSA) is 98.4 Å². The summed E-state index contributed by atoms with van der Waals surface area (Å²) in [6.07, 6.45) is -0.349. The summed E-state index contributed by atoms with van der Waals surface area (Å²) in [5, 5.41) is 9.55. The fourth-order valence-corrected chi connectivity index (χ4v) is 6.18. The van der Waals surface area contributed by atoms with Gasteiger partial charge in [0.25, 0.3) is 5.91 Å². The number of rotatable bonds is 5. The van der Waals surface area contributed by atoms with E-state index in [2.05, 4.69) is 15.7 Å². The lowest BCUT2D eigenvalue weighted by Crippen LogP contribution is -2.35. The predicted molar refractivity (Wildman–Crippen MR) is 127 cm³/mol. The molecule has 3 aromatic rings. The van der Waals surface area contributed by atoms with Crippen molar-refractivity contribution in [1.82, 2.24) is 9.78 Å². The number of anilines is 2. The van der Waals surface area contributed by atoms with Crippen molar-refractivity contribution in [1.29, 1.82) is 0 Å². The van der Waals surface area contributed by atoms with Crippen molar-refractivity contribution >= 4 is 45.6 Å². The molecule has 0 saturated heterocycles. The van der Waals surface area contributed by atoms with Gasteiger partial charge < -0.3 is 19.8 Å².